The van der Waals surface area contributed by atoms with Gasteiger partial charge in [-0.15, -0.1) is 11.8 Å². The van der Waals surface area contributed by atoms with E-state index in [-0.39, 0.29) is 4.75 Å². The number of hydrogen-bond donors (Lipinski definition) is 0. The maximum Gasteiger partial charge on any atom is 0.247 e. The summed E-state index contributed by atoms with van der Waals surface area (Å²) in [5.74, 6) is 0. The van der Waals surface area contributed by atoms with Crippen molar-refractivity contribution in [2.24, 2.45) is 0 Å². The second-order valence-corrected chi connectivity index (χ2v) is 13.6. The van der Waals surface area contributed by atoms with Gasteiger partial charge in [0.05, 0.1) is 10.0 Å². The first-order valence-corrected chi connectivity index (χ1v) is 11.7. The SMILES string of the molecule is COP(=S)(OC)SCSC(C)(C)c1cccc(Cl)c1Cl. The fourth-order valence-corrected chi connectivity index (χ4v) is 8.08. The van der Waals surface area contributed by atoms with Gasteiger partial charge in [0.25, 0.3) is 0 Å². The Morgan fingerprint density at radius 3 is 2.40 bits per heavy atom. The molecule has 0 heterocycles. The largest absolute Gasteiger partial charge is 0.325 e. The molecule has 0 saturated carbocycles. The molecule has 0 bridgehead atoms. The van der Waals surface area contributed by atoms with Crippen LogP contribution in [-0.4, -0.2) is 19.3 Å². The van der Waals surface area contributed by atoms with Gasteiger partial charge in [-0.2, -0.15) is 0 Å². The van der Waals surface area contributed by atoms with Crippen LogP contribution in [0.5, 0.6) is 0 Å². The molecule has 20 heavy (non-hydrogen) atoms. The highest BCUT2D eigenvalue weighted by Gasteiger charge is 2.26. The highest BCUT2D eigenvalue weighted by molar-refractivity contribution is 8.69. The highest BCUT2D eigenvalue weighted by Crippen LogP contribution is 2.61. The fourth-order valence-electron chi connectivity index (χ4n) is 1.46. The van der Waals surface area contributed by atoms with Crippen molar-refractivity contribution in [2.75, 3.05) is 19.3 Å². The zero-order valence-electron chi connectivity index (χ0n) is 11.7. The first-order chi connectivity index (χ1) is 9.25. The number of rotatable bonds is 7. The van der Waals surface area contributed by atoms with E-state index in [4.69, 9.17) is 44.1 Å². The number of hydrogen-bond acceptors (Lipinski definition) is 5. The molecule has 8 heteroatoms. The van der Waals surface area contributed by atoms with Crippen molar-refractivity contribution in [1.82, 2.24) is 0 Å². The molecule has 0 saturated heterocycles. The van der Waals surface area contributed by atoms with Crippen LogP contribution in [-0.2, 0) is 25.6 Å². The molecule has 0 aliphatic carbocycles. The third-order valence-electron chi connectivity index (χ3n) is 2.68. The molecule has 2 nitrogen and oxygen atoms in total. The van der Waals surface area contributed by atoms with Crippen LogP contribution in [0.25, 0.3) is 0 Å². The Morgan fingerprint density at radius 2 is 1.85 bits per heavy atom. The van der Waals surface area contributed by atoms with Gasteiger partial charge in [-0.1, -0.05) is 46.7 Å². The molecule has 0 spiro atoms. The third kappa shape index (κ3) is 5.06. The zero-order valence-corrected chi connectivity index (χ0v) is 16.5. The molecule has 1 rings (SSSR count). The third-order valence-corrected chi connectivity index (χ3v) is 11.2. The minimum Gasteiger partial charge on any atom is -0.325 e. The summed E-state index contributed by atoms with van der Waals surface area (Å²) < 4.78 is 10.3. The summed E-state index contributed by atoms with van der Waals surface area (Å²) >= 11 is 20.9. The average molecular weight is 391 g/mol. The van der Waals surface area contributed by atoms with E-state index >= 15 is 0 Å². The van der Waals surface area contributed by atoms with Gasteiger partial charge in [0, 0.05) is 24.1 Å². The van der Waals surface area contributed by atoms with Crippen molar-refractivity contribution >= 4 is 63.8 Å². The Morgan fingerprint density at radius 1 is 1.25 bits per heavy atom. The summed E-state index contributed by atoms with van der Waals surface area (Å²) in [6, 6.07) is 5.70. The minimum atomic E-state index is -2.21. The molecule has 0 N–H and O–H groups in total. The molecule has 0 radical (unpaired) electrons. The summed E-state index contributed by atoms with van der Waals surface area (Å²) in [6.07, 6.45) is 0. The smallest absolute Gasteiger partial charge is 0.247 e. The zero-order chi connectivity index (χ0) is 15.4. The first-order valence-electron chi connectivity index (χ1n) is 5.70. The lowest BCUT2D eigenvalue weighted by atomic mass is 10.0. The Labute approximate surface area is 144 Å². The number of halogens is 2. The van der Waals surface area contributed by atoms with Crippen molar-refractivity contribution in [3.63, 3.8) is 0 Å². The van der Waals surface area contributed by atoms with E-state index in [9.17, 15) is 0 Å². The average Bonchev–Trinajstić information content (AvgIpc) is 2.41. The predicted molar refractivity (Wildman–Crippen MR) is 97.8 cm³/mol. The van der Waals surface area contributed by atoms with E-state index in [1.807, 2.05) is 12.1 Å². The van der Waals surface area contributed by atoms with Crippen LogP contribution in [0.3, 0.4) is 0 Å². The second kappa shape index (κ2) is 8.07. The van der Waals surface area contributed by atoms with Crippen LogP contribution in [0.15, 0.2) is 18.2 Å². The maximum absolute atomic E-state index is 6.29. The molecular weight excluding hydrogens is 374 g/mol. The van der Waals surface area contributed by atoms with Crippen LogP contribution in [0.4, 0.5) is 0 Å². The molecule has 0 aliphatic rings. The molecule has 0 aromatic heterocycles. The Kier molecular flexibility index (Phi) is 7.72. The lowest BCUT2D eigenvalue weighted by Gasteiger charge is -2.27. The summed E-state index contributed by atoms with van der Waals surface area (Å²) in [4.78, 5) is 0. The van der Waals surface area contributed by atoms with Crippen molar-refractivity contribution < 1.29 is 9.05 Å². The van der Waals surface area contributed by atoms with Gasteiger partial charge < -0.3 is 9.05 Å². The molecule has 0 amide bonds. The van der Waals surface area contributed by atoms with Crippen molar-refractivity contribution in [1.29, 1.82) is 0 Å². The molecule has 1 aromatic carbocycles. The van der Waals surface area contributed by atoms with Crippen LogP contribution in [0.2, 0.25) is 10.0 Å². The molecule has 1 aromatic rings. The minimum absolute atomic E-state index is 0.170. The lowest BCUT2D eigenvalue weighted by molar-refractivity contribution is 0.354. The van der Waals surface area contributed by atoms with Crippen LogP contribution in [0.1, 0.15) is 19.4 Å². The first kappa shape index (κ1) is 19.1. The second-order valence-electron chi connectivity index (χ2n) is 4.32. The summed E-state index contributed by atoms with van der Waals surface area (Å²) in [7, 11) is 3.17. The van der Waals surface area contributed by atoms with Gasteiger partial charge in [0.15, 0.2) is 0 Å². The van der Waals surface area contributed by atoms with Crippen LogP contribution in [0, 0.1) is 0 Å². The monoisotopic (exact) mass is 390 g/mol. The van der Waals surface area contributed by atoms with Crippen molar-refractivity contribution in [2.45, 2.75) is 18.6 Å². The Bertz CT molecular complexity index is 503. The fraction of sp³-hybridized carbons (Fsp3) is 0.500. The van der Waals surface area contributed by atoms with E-state index in [0.29, 0.717) is 10.0 Å². The van der Waals surface area contributed by atoms with Gasteiger partial charge >= 0.3 is 0 Å². The molecule has 0 fully saturated rings. The van der Waals surface area contributed by atoms with Gasteiger partial charge in [-0.05, 0) is 37.3 Å². The molecule has 0 aliphatic heterocycles. The predicted octanol–water partition coefficient (Wildman–Crippen LogP) is 6.17. The van der Waals surface area contributed by atoms with E-state index in [0.717, 1.165) is 10.6 Å². The Hall–Kier alpha value is 1.07. The molecule has 114 valence electrons. The molecular formula is C12H17Cl2O2PS3. The topological polar surface area (TPSA) is 18.5 Å². The van der Waals surface area contributed by atoms with E-state index in [1.165, 1.54) is 11.4 Å². The highest BCUT2D eigenvalue weighted by atomic mass is 35.5. The van der Waals surface area contributed by atoms with Crippen molar-refractivity contribution in [3.8, 4) is 0 Å². The van der Waals surface area contributed by atoms with Gasteiger partial charge in [-0.25, -0.2) is 0 Å². The van der Waals surface area contributed by atoms with Crippen LogP contribution >= 0.6 is 52.0 Å². The van der Waals surface area contributed by atoms with E-state index < -0.39 is 5.69 Å². The molecule has 0 unspecified atom stereocenters. The van der Waals surface area contributed by atoms with Gasteiger partial charge in [0.1, 0.15) is 0 Å². The van der Waals surface area contributed by atoms with Gasteiger partial charge in [0.2, 0.25) is 5.69 Å². The summed E-state index contributed by atoms with van der Waals surface area (Å²) in [5.41, 5.74) is -1.20. The van der Waals surface area contributed by atoms with Crippen LogP contribution < -0.4 is 0 Å². The van der Waals surface area contributed by atoms with E-state index in [2.05, 4.69) is 13.8 Å². The van der Waals surface area contributed by atoms with E-state index in [1.54, 1.807) is 32.0 Å². The maximum atomic E-state index is 6.29. The lowest BCUT2D eigenvalue weighted by Crippen LogP contribution is -2.13. The standard InChI is InChI=1S/C12H17Cl2O2PS3/c1-12(2,9-6-5-7-10(13)11(9)14)19-8-20-17(18,15-3)16-4/h5-7H,8H2,1-4H3. The van der Waals surface area contributed by atoms with Gasteiger partial charge in [-0.3, -0.25) is 0 Å². The summed E-state index contributed by atoms with van der Waals surface area (Å²) in [6.45, 7) is 4.22. The van der Waals surface area contributed by atoms with Crippen molar-refractivity contribution in [3.05, 3.63) is 33.8 Å². The quantitative estimate of drug-likeness (QED) is 0.408. The normalized spacial score (nSPS) is 12.7. The Balaban J connectivity index is 2.76. The summed E-state index contributed by atoms with van der Waals surface area (Å²) in [5, 5.41) is 1.94. The molecule has 0 atom stereocenters. The number of thioether (sulfide) groups is 1. The number of benzene rings is 1.